The SMILES string of the molecule is CCN(CC)S(=O)(=O)c1ccc2c(c1)nc(CCC(=O)Nc1ccc(C(N)=O)cc1)n2CC. The number of hydrogen-bond donors (Lipinski definition) is 2. The second-order valence-electron chi connectivity index (χ2n) is 7.50. The number of nitrogens with one attached hydrogen (secondary N) is 1. The normalized spacial score (nSPS) is 11.8. The number of carbonyl (C=O) groups excluding carboxylic acids is 2. The molecule has 1 heterocycles. The van der Waals surface area contributed by atoms with Crippen LogP contribution >= 0.6 is 0 Å². The fourth-order valence-corrected chi connectivity index (χ4v) is 5.22. The molecule has 0 bridgehead atoms. The summed E-state index contributed by atoms with van der Waals surface area (Å²) in [6, 6.07) is 11.3. The van der Waals surface area contributed by atoms with E-state index in [0.29, 0.717) is 48.6 Å². The minimum absolute atomic E-state index is 0.193. The third kappa shape index (κ3) is 5.23. The molecule has 3 aromatic rings. The second kappa shape index (κ2) is 10.1. The van der Waals surface area contributed by atoms with Crippen molar-refractivity contribution in [1.29, 1.82) is 0 Å². The molecule has 33 heavy (non-hydrogen) atoms. The average Bonchev–Trinajstić information content (AvgIpc) is 3.15. The molecule has 0 aliphatic heterocycles. The Morgan fingerprint density at radius 3 is 2.30 bits per heavy atom. The van der Waals surface area contributed by atoms with Gasteiger partial charge in [0.1, 0.15) is 5.82 Å². The number of aromatic nitrogens is 2. The summed E-state index contributed by atoms with van der Waals surface area (Å²) in [5, 5.41) is 2.79. The molecule has 0 aliphatic carbocycles. The van der Waals surface area contributed by atoms with E-state index in [1.54, 1.807) is 56.3 Å². The predicted octanol–water partition coefficient (Wildman–Crippen LogP) is 2.76. The van der Waals surface area contributed by atoms with Gasteiger partial charge >= 0.3 is 0 Å². The zero-order valence-electron chi connectivity index (χ0n) is 19.0. The summed E-state index contributed by atoms with van der Waals surface area (Å²) >= 11 is 0. The molecule has 0 atom stereocenters. The van der Waals surface area contributed by atoms with Gasteiger partial charge in [0.25, 0.3) is 0 Å². The molecule has 2 aromatic carbocycles. The zero-order valence-corrected chi connectivity index (χ0v) is 19.9. The van der Waals surface area contributed by atoms with Crippen molar-refractivity contribution >= 4 is 38.6 Å². The van der Waals surface area contributed by atoms with Gasteiger partial charge in [-0.2, -0.15) is 4.31 Å². The van der Waals surface area contributed by atoms with Gasteiger partial charge in [-0.3, -0.25) is 9.59 Å². The maximum atomic E-state index is 12.9. The van der Waals surface area contributed by atoms with Gasteiger partial charge in [0, 0.05) is 43.7 Å². The van der Waals surface area contributed by atoms with Crippen LogP contribution in [0.3, 0.4) is 0 Å². The molecule has 9 nitrogen and oxygen atoms in total. The Bertz CT molecular complexity index is 1260. The van der Waals surface area contributed by atoms with Crippen LogP contribution in [0.15, 0.2) is 47.4 Å². The molecule has 0 saturated carbocycles. The molecule has 0 aliphatic rings. The number of imidazole rings is 1. The van der Waals surface area contributed by atoms with Gasteiger partial charge in [-0.1, -0.05) is 13.8 Å². The molecule has 0 unspecified atom stereocenters. The van der Waals surface area contributed by atoms with Gasteiger partial charge in [-0.05, 0) is 49.4 Å². The van der Waals surface area contributed by atoms with Crippen molar-refractivity contribution in [3.8, 4) is 0 Å². The van der Waals surface area contributed by atoms with Crippen molar-refractivity contribution < 1.29 is 18.0 Å². The molecule has 3 N–H and O–H groups in total. The number of primary amides is 1. The lowest BCUT2D eigenvalue weighted by Crippen LogP contribution is -2.30. The number of anilines is 1. The highest BCUT2D eigenvalue weighted by molar-refractivity contribution is 7.89. The van der Waals surface area contributed by atoms with Crippen LogP contribution < -0.4 is 11.1 Å². The lowest BCUT2D eigenvalue weighted by molar-refractivity contribution is -0.116. The first-order valence-corrected chi connectivity index (χ1v) is 12.3. The fraction of sp³-hybridized carbons (Fsp3) is 0.348. The van der Waals surface area contributed by atoms with Gasteiger partial charge in [-0.15, -0.1) is 0 Å². The maximum absolute atomic E-state index is 12.9. The molecule has 0 spiro atoms. The zero-order chi connectivity index (χ0) is 24.2. The average molecular weight is 472 g/mol. The van der Waals surface area contributed by atoms with Crippen molar-refractivity contribution in [1.82, 2.24) is 13.9 Å². The molecular formula is C23H29N5O4S. The van der Waals surface area contributed by atoms with Crippen LogP contribution in [0.1, 0.15) is 43.4 Å². The van der Waals surface area contributed by atoms with Gasteiger partial charge < -0.3 is 15.6 Å². The smallest absolute Gasteiger partial charge is 0.248 e. The second-order valence-corrected chi connectivity index (χ2v) is 9.44. The summed E-state index contributed by atoms with van der Waals surface area (Å²) in [5.74, 6) is -0.00940. The number of aryl methyl sites for hydroxylation is 2. The summed E-state index contributed by atoms with van der Waals surface area (Å²) in [6.07, 6.45) is 0.595. The summed E-state index contributed by atoms with van der Waals surface area (Å²) in [6.45, 7) is 7.02. The van der Waals surface area contributed by atoms with Gasteiger partial charge in [0.15, 0.2) is 0 Å². The number of amides is 2. The third-order valence-electron chi connectivity index (χ3n) is 5.49. The highest BCUT2D eigenvalue weighted by atomic mass is 32.2. The first kappa shape index (κ1) is 24.4. The first-order valence-electron chi connectivity index (χ1n) is 10.9. The summed E-state index contributed by atoms with van der Waals surface area (Å²) in [4.78, 5) is 28.4. The molecule has 10 heteroatoms. The number of nitrogens with zero attached hydrogens (tertiary/aromatic N) is 3. The predicted molar refractivity (Wildman–Crippen MR) is 127 cm³/mol. The van der Waals surface area contributed by atoms with E-state index in [0.717, 1.165) is 5.52 Å². The lowest BCUT2D eigenvalue weighted by Gasteiger charge is -2.18. The van der Waals surface area contributed by atoms with Crippen LogP contribution in [-0.4, -0.2) is 47.2 Å². The van der Waals surface area contributed by atoms with E-state index in [4.69, 9.17) is 5.73 Å². The molecule has 2 amide bonds. The minimum Gasteiger partial charge on any atom is -0.366 e. The first-order chi connectivity index (χ1) is 15.7. The number of sulfonamides is 1. The Morgan fingerprint density at radius 1 is 1.06 bits per heavy atom. The number of fused-ring (bicyclic) bond motifs is 1. The van der Waals surface area contributed by atoms with Crippen molar-refractivity contribution in [3.63, 3.8) is 0 Å². The highest BCUT2D eigenvalue weighted by Crippen LogP contribution is 2.23. The van der Waals surface area contributed by atoms with Crippen LogP contribution in [0.2, 0.25) is 0 Å². The van der Waals surface area contributed by atoms with E-state index in [2.05, 4.69) is 10.3 Å². The van der Waals surface area contributed by atoms with E-state index < -0.39 is 15.9 Å². The standard InChI is InChI=1S/C23H29N5O4S/c1-4-27(5-2)33(31,32)18-11-12-20-19(15-18)26-21(28(20)6-3)13-14-22(29)25-17-9-7-16(8-10-17)23(24)30/h7-12,15H,4-6,13-14H2,1-3H3,(H2,24,30)(H,25,29). The van der Waals surface area contributed by atoms with Gasteiger partial charge in [-0.25, -0.2) is 13.4 Å². The largest absolute Gasteiger partial charge is 0.366 e. The van der Waals surface area contributed by atoms with Crippen molar-refractivity contribution in [3.05, 3.63) is 53.9 Å². The Balaban J connectivity index is 1.77. The molecule has 3 rings (SSSR count). The van der Waals surface area contributed by atoms with Crippen molar-refractivity contribution in [2.45, 2.75) is 45.1 Å². The minimum atomic E-state index is -3.58. The summed E-state index contributed by atoms with van der Waals surface area (Å²) in [5.41, 5.74) is 7.58. The van der Waals surface area contributed by atoms with Gasteiger partial charge in [0.2, 0.25) is 21.8 Å². The van der Waals surface area contributed by atoms with E-state index >= 15 is 0 Å². The van der Waals surface area contributed by atoms with E-state index in [1.807, 2.05) is 11.5 Å². The van der Waals surface area contributed by atoms with Crippen molar-refractivity contribution in [2.75, 3.05) is 18.4 Å². The summed E-state index contributed by atoms with van der Waals surface area (Å²) < 4.78 is 29.1. The number of rotatable bonds is 10. The van der Waals surface area contributed by atoms with Crippen LogP contribution in [0.25, 0.3) is 11.0 Å². The van der Waals surface area contributed by atoms with Gasteiger partial charge in [0.05, 0.1) is 15.9 Å². The number of nitrogens with two attached hydrogens (primary N) is 1. The number of carbonyl (C=O) groups is 2. The lowest BCUT2D eigenvalue weighted by atomic mass is 10.2. The van der Waals surface area contributed by atoms with E-state index in [1.165, 1.54) is 4.31 Å². The van der Waals surface area contributed by atoms with Crippen LogP contribution in [0.5, 0.6) is 0 Å². The van der Waals surface area contributed by atoms with Crippen LogP contribution in [0.4, 0.5) is 5.69 Å². The Labute approximate surface area is 193 Å². The molecular weight excluding hydrogens is 442 g/mol. The van der Waals surface area contributed by atoms with Crippen LogP contribution in [-0.2, 0) is 27.8 Å². The molecule has 1 aromatic heterocycles. The number of benzene rings is 2. The third-order valence-corrected chi connectivity index (χ3v) is 7.53. The quantitative estimate of drug-likeness (QED) is 0.470. The molecule has 176 valence electrons. The Hall–Kier alpha value is -3.24. The van der Waals surface area contributed by atoms with Crippen molar-refractivity contribution in [2.24, 2.45) is 5.73 Å². The van der Waals surface area contributed by atoms with E-state index in [-0.39, 0.29) is 17.2 Å². The highest BCUT2D eigenvalue weighted by Gasteiger charge is 2.23. The number of hydrogen-bond acceptors (Lipinski definition) is 5. The molecule has 0 fully saturated rings. The Morgan fingerprint density at radius 2 is 1.73 bits per heavy atom. The monoisotopic (exact) mass is 471 g/mol. The molecule has 0 radical (unpaired) electrons. The Kier molecular flexibility index (Phi) is 7.50. The fourth-order valence-electron chi connectivity index (χ4n) is 3.74. The topological polar surface area (TPSA) is 127 Å². The van der Waals surface area contributed by atoms with E-state index in [9.17, 15) is 18.0 Å². The van der Waals surface area contributed by atoms with Crippen LogP contribution in [0, 0.1) is 0 Å². The summed E-state index contributed by atoms with van der Waals surface area (Å²) in [7, 11) is -3.58. The molecule has 0 saturated heterocycles. The maximum Gasteiger partial charge on any atom is 0.248 e.